The smallest absolute Gasteiger partial charge is 0.352 e. The third-order valence-electron chi connectivity index (χ3n) is 5.00. The average molecular weight is 468 g/mol. The molecular weight excluding hydrogens is 440 g/mol. The van der Waals surface area contributed by atoms with Crippen molar-refractivity contribution in [2.24, 2.45) is 5.11 Å². The topological polar surface area (TPSA) is 188 Å². The summed E-state index contributed by atoms with van der Waals surface area (Å²) in [6, 6.07) is -0.643. The van der Waals surface area contributed by atoms with Crippen LogP contribution in [0.2, 0.25) is 0 Å². The normalized spacial score (nSPS) is 28.1. The number of hydrogen-bond donors (Lipinski definition) is 2. The van der Waals surface area contributed by atoms with E-state index in [1.54, 1.807) is 34.6 Å². The molecule has 33 heavy (non-hydrogen) atoms. The lowest BCUT2D eigenvalue weighted by atomic mass is 9.97. The zero-order chi connectivity index (χ0) is 24.2. The Morgan fingerprint density at radius 2 is 1.91 bits per heavy atom. The van der Waals surface area contributed by atoms with Gasteiger partial charge in [0.25, 0.3) is 0 Å². The summed E-state index contributed by atoms with van der Waals surface area (Å²) in [6.07, 6.45) is -2.57. The highest BCUT2D eigenvalue weighted by atomic mass is 16.8. The quantitative estimate of drug-likeness (QED) is 0.128. The molecule has 2 fully saturated rings. The number of nitrogens with one attached hydrogen (secondary N) is 2. The van der Waals surface area contributed by atoms with E-state index >= 15 is 0 Å². The van der Waals surface area contributed by atoms with Crippen molar-refractivity contribution < 1.29 is 28.6 Å². The van der Waals surface area contributed by atoms with Crippen LogP contribution >= 0.6 is 0 Å². The minimum Gasteiger partial charge on any atom is -0.352 e. The third-order valence-corrected chi connectivity index (χ3v) is 5.00. The number of aromatic nitrogens is 2. The molecule has 2 aliphatic rings. The summed E-state index contributed by atoms with van der Waals surface area (Å²) in [5, 5.41) is 21.4. The Morgan fingerprint density at radius 1 is 1.27 bits per heavy atom. The molecule has 182 valence electrons. The fraction of sp³-hybridized carbons (Fsp3) is 0.778. The summed E-state index contributed by atoms with van der Waals surface area (Å²) >= 11 is 0. The first-order chi connectivity index (χ1) is 15.7. The summed E-state index contributed by atoms with van der Waals surface area (Å²) < 4.78 is 28.7. The van der Waals surface area contributed by atoms with Crippen molar-refractivity contribution in [3.63, 3.8) is 0 Å². The maximum absolute atomic E-state index is 11.9. The van der Waals surface area contributed by atoms with Crippen LogP contribution < -0.4 is 10.6 Å². The van der Waals surface area contributed by atoms with E-state index in [1.807, 2.05) is 0 Å². The Bertz CT molecular complexity index is 891. The van der Waals surface area contributed by atoms with Crippen LogP contribution in [0, 0.1) is 10.1 Å². The van der Waals surface area contributed by atoms with Gasteiger partial charge in [-0.25, -0.2) is 9.97 Å². The van der Waals surface area contributed by atoms with Gasteiger partial charge in [0.1, 0.15) is 18.5 Å². The van der Waals surface area contributed by atoms with Crippen LogP contribution in [0.5, 0.6) is 0 Å². The fourth-order valence-electron chi connectivity index (χ4n) is 3.75. The SMILES string of the molecule is CCOC(Nc1ncnc(N[C@@H]2O[C@H](C)[C@@H](N=[N+]=[N-])[C@@H]3OC(C)(C)O[C@@H]32)c1[N+](=O)[O-])OCC. The molecule has 3 rings (SSSR count). The predicted octanol–water partition coefficient (Wildman–Crippen LogP) is 2.51. The van der Waals surface area contributed by atoms with Crippen LogP contribution in [0.15, 0.2) is 11.4 Å². The molecule has 2 aliphatic heterocycles. The number of hydrogen-bond acceptors (Lipinski definition) is 12. The van der Waals surface area contributed by atoms with Crippen LogP contribution in [-0.4, -0.2) is 70.9 Å². The number of nitro groups is 1. The number of nitrogens with zero attached hydrogens (tertiary/aromatic N) is 6. The van der Waals surface area contributed by atoms with Crippen molar-refractivity contribution in [1.82, 2.24) is 9.97 Å². The Hall–Kier alpha value is -2.81. The van der Waals surface area contributed by atoms with E-state index in [1.165, 1.54) is 0 Å². The van der Waals surface area contributed by atoms with Gasteiger partial charge >= 0.3 is 5.69 Å². The Labute approximate surface area is 189 Å². The van der Waals surface area contributed by atoms with Crippen LogP contribution in [0.3, 0.4) is 0 Å². The highest BCUT2D eigenvalue weighted by Gasteiger charge is 2.54. The molecule has 3 heterocycles. The van der Waals surface area contributed by atoms with Gasteiger partial charge in [-0.1, -0.05) is 5.11 Å². The van der Waals surface area contributed by atoms with Crippen molar-refractivity contribution in [2.45, 2.75) is 77.4 Å². The van der Waals surface area contributed by atoms with Crippen molar-refractivity contribution in [2.75, 3.05) is 23.8 Å². The maximum atomic E-state index is 11.9. The van der Waals surface area contributed by atoms with Gasteiger partial charge in [0.15, 0.2) is 12.0 Å². The molecule has 0 bridgehead atoms. The maximum Gasteiger partial charge on any atom is 0.353 e. The van der Waals surface area contributed by atoms with Crippen molar-refractivity contribution in [3.8, 4) is 0 Å². The molecule has 0 unspecified atom stereocenters. The van der Waals surface area contributed by atoms with Gasteiger partial charge in [-0.2, -0.15) is 0 Å². The second-order valence-electron chi connectivity index (χ2n) is 7.73. The largest absolute Gasteiger partial charge is 0.353 e. The first kappa shape index (κ1) is 24.8. The first-order valence-electron chi connectivity index (χ1n) is 10.5. The molecule has 0 saturated carbocycles. The summed E-state index contributed by atoms with van der Waals surface area (Å²) in [6.45, 7) is 9.32. The van der Waals surface area contributed by atoms with Crippen LogP contribution in [-0.2, 0) is 23.7 Å². The van der Waals surface area contributed by atoms with Crippen LogP contribution in [0.4, 0.5) is 17.3 Å². The van der Waals surface area contributed by atoms with Crippen molar-refractivity contribution in [3.05, 3.63) is 26.9 Å². The molecule has 2 N–H and O–H groups in total. The number of anilines is 2. The number of ether oxygens (including phenoxy) is 5. The Kier molecular flexibility index (Phi) is 7.84. The monoisotopic (exact) mass is 468 g/mol. The molecule has 0 amide bonds. The Balaban J connectivity index is 1.90. The molecule has 15 heteroatoms. The minimum absolute atomic E-state index is 0.0966. The van der Waals surface area contributed by atoms with Gasteiger partial charge in [-0.3, -0.25) is 10.1 Å². The van der Waals surface area contributed by atoms with E-state index in [-0.39, 0.29) is 11.6 Å². The fourth-order valence-corrected chi connectivity index (χ4v) is 3.75. The summed E-state index contributed by atoms with van der Waals surface area (Å²) in [5.41, 5.74) is 8.51. The van der Waals surface area contributed by atoms with E-state index in [2.05, 4.69) is 30.6 Å². The predicted molar refractivity (Wildman–Crippen MR) is 114 cm³/mol. The molecule has 15 nitrogen and oxygen atoms in total. The molecule has 2 saturated heterocycles. The zero-order valence-corrected chi connectivity index (χ0v) is 19.0. The van der Waals surface area contributed by atoms with E-state index in [9.17, 15) is 10.1 Å². The lowest BCUT2D eigenvalue weighted by Crippen LogP contribution is -2.57. The van der Waals surface area contributed by atoms with Gasteiger partial charge in [0, 0.05) is 18.1 Å². The number of azide groups is 1. The van der Waals surface area contributed by atoms with E-state index < -0.39 is 53.4 Å². The van der Waals surface area contributed by atoms with Crippen molar-refractivity contribution in [1.29, 1.82) is 0 Å². The molecule has 5 atom stereocenters. The zero-order valence-electron chi connectivity index (χ0n) is 19.0. The van der Waals surface area contributed by atoms with Gasteiger partial charge in [-0.05, 0) is 40.1 Å². The minimum atomic E-state index is -0.974. The molecule has 0 aromatic carbocycles. The van der Waals surface area contributed by atoms with E-state index in [0.717, 1.165) is 6.33 Å². The van der Waals surface area contributed by atoms with Gasteiger partial charge in [0.05, 0.1) is 17.1 Å². The summed E-state index contributed by atoms with van der Waals surface area (Å²) in [4.78, 5) is 22.2. The molecule has 0 aliphatic carbocycles. The molecule has 0 spiro atoms. The first-order valence-corrected chi connectivity index (χ1v) is 10.5. The standard InChI is InChI=1S/C18H28N8O7/c1-6-29-17(30-7-2)23-15-11(26(27)28)14(20-8-21-15)22-16-13-12(32-18(4,5)33-13)10(24-25-19)9(3)31-16/h8-10,12-13,16-17H,6-7H2,1-5H3,(H2,20,21,22,23)/t9-,10-,12+,13+,16-/m1/s1. The van der Waals surface area contributed by atoms with Crippen LogP contribution in [0.25, 0.3) is 10.4 Å². The molecule has 1 aromatic heterocycles. The van der Waals surface area contributed by atoms with Crippen molar-refractivity contribution >= 4 is 17.3 Å². The lowest BCUT2D eigenvalue weighted by Gasteiger charge is -2.39. The third kappa shape index (κ3) is 5.58. The molecule has 0 radical (unpaired) electrons. The summed E-state index contributed by atoms with van der Waals surface area (Å²) in [7, 11) is 0. The molecular formula is C18H28N8O7. The second kappa shape index (κ2) is 10.4. The van der Waals surface area contributed by atoms with E-state index in [4.69, 9.17) is 29.2 Å². The lowest BCUT2D eigenvalue weighted by molar-refractivity contribution is -0.383. The van der Waals surface area contributed by atoms with Gasteiger partial charge in [0.2, 0.25) is 18.0 Å². The average Bonchev–Trinajstić information content (AvgIpc) is 3.06. The van der Waals surface area contributed by atoms with Crippen LogP contribution in [0.1, 0.15) is 34.6 Å². The highest BCUT2D eigenvalue weighted by Crippen LogP contribution is 2.40. The number of fused-ring (bicyclic) bond motifs is 1. The highest BCUT2D eigenvalue weighted by molar-refractivity contribution is 5.69. The summed E-state index contributed by atoms with van der Waals surface area (Å²) in [5.74, 6) is -1.17. The number of rotatable bonds is 10. The second-order valence-corrected chi connectivity index (χ2v) is 7.73. The van der Waals surface area contributed by atoms with Gasteiger partial charge < -0.3 is 34.3 Å². The molecule has 1 aromatic rings. The van der Waals surface area contributed by atoms with E-state index in [0.29, 0.717) is 13.2 Å². The Morgan fingerprint density at radius 3 is 2.52 bits per heavy atom. The van der Waals surface area contributed by atoms with Gasteiger partial charge in [-0.15, -0.1) is 0 Å².